The number of nitrogens with two attached hydrogens (primary N) is 1. The van der Waals surface area contributed by atoms with E-state index in [2.05, 4.69) is 51.7 Å². The van der Waals surface area contributed by atoms with E-state index in [-0.39, 0.29) is 11.6 Å². The highest BCUT2D eigenvalue weighted by atomic mass is 32.1. The van der Waals surface area contributed by atoms with Gasteiger partial charge in [-0.1, -0.05) is 6.92 Å². The summed E-state index contributed by atoms with van der Waals surface area (Å²) >= 11 is 1.77. The van der Waals surface area contributed by atoms with Crippen molar-refractivity contribution in [2.24, 2.45) is 5.73 Å². The Balaban J connectivity index is 2.80. The molecule has 0 aliphatic rings. The quantitative estimate of drug-likeness (QED) is 0.878. The van der Waals surface area contributed by atoms with Crippen molar-refractivity contribution >= 4 is 11.3 Å². The Morgan fingerprint density at radius 3 is 2.35 bits per heavy atom. The van der Waals surface area contributed by atoms with E-state index in [1.54, 1.807) is 11.3 Å². The summed E-state index contributed by atoms with van der Waals surface area (Å²) in [7, 11) is 4.20. The van der Waals surface area contributed by atoms with Gasteiger partial charge in [0.05, 0.1) is 10.7 Å². The topological polar surface area (TPSA) is 42.1 Å². The molecule has 1 aromatic heterocycles. The van der Waals surface area contributed by atoms with Gasteiger partial charge in [0.15, 0.2) is 0 Å². The number of hydrogen-bond donors (Lipinski definition) is 1. The average Bonchev–Trinajstić information content (AvgIpc) is 2.56. The Labute approximate surface area is 109 Å². The highest BCUT2D eigenvalue weighted by molar-refractivity contribution is 7.11. The molecule has 4 heteroatoms. The first kappa shape index (κ1) is 14.6. The molecule has 0 aliphatic heterocycles. The van der Waals surface area contributed by atoms with E-state index in [9.17, 15) is 0 Å². The molecule has 2 atom stereocenters. The van der Waals surface area contributed by atoms with Gasteiger partial charge in [-0.2, -0.15) is 0 Å². The first-order valence-electron chi connectivity index (χ1n) is 6.17. The monoisotopic (exact) mass is 255 g/mol. The van der Waals surface area contributed by atoms with Crippen LogP contribution in [-0.2, 0) is 6.42 Å². The predicted molar refractivity (Wildman–Crippen MR) is 75.7 cm³/mol. The zero-order chi connectivity index (χ0) is 13.2. The van der Waals surface area contributed by atoms with Crippen LogP contribution < -0.4 is 5.73 Å². The van der Waals surface area contributed by atoms with Crippen LogP contribution in [0.2, 0.25) is 0 Å². The van der Waals surface area contributed by atoms with Gasteiger partial charge < -0.3 is 10.6 Å². The van der Waals surface area contributed by atoms with Crippen molar-refractivity contribution in [3.63, 3.8) is 0 Å². The minimum absolute atomic E-state index is 0.0352. The third kappa shape index (κ3) is 3.06. The highest BCUT2D eigenvalue weighted by Gasteiger charge is 2.32. The largest absolute Gasteiger partial charge is 0.326 e. The van der Waals surface area contributed by atoms with Gasteiger partial charge in [0.1, 0.15) is 0 Å². The maximum absolute atomic E-state index is 6.38. The molecule has 0 bridgehead atoms. The van der Waals surface area contributed by atoms with E-state index in [1.807, 2.05) is 0 Å². The van der Waals surface area contributed by atoms with Crippen LogP contribution in [0.3, 0.4) is 0 Å². The average molecular weight is 255 g/mol. The normalized spacial score (nSPS) is 17.2. The molecule has 2 unspecified atom stereocenters. The lowest BCUT2D eigenvalue weighted by Crippen LogP contribution is -2.55. The maximum atomic E-state index is 6.38. The zero-order valence-electron chi connectivity index (χ0n) is 11.9. The van der Waals surface area contributed by atoms with Gasteiger partial charge in [-0.15, -0.1) is 11.3 Å². The second kappa shape index (κ2) is 5.46. The van der Waals surface area contributed by atoms with Gasteiger partial charge in [0.2, 0.25) is 0 Å². The second-order valence-corrected chi connectivity index (χ2v) is 6.45. The summed E-state index contributed by atoms with van der Waals surface area (Å²) in [5, 5.41) is 1.16. The van der Waals surface area contributed by atoms with Crippen molar-refractivity contribution in [1.29, 1.82) is 0 Å². The van der Waals surface area contributed by atoms with Crippen LogP contribution in [0.4, 0.5) is 0 Å². The van der Waals surface area contributed by atoms with Crippen molar-refractivity contribution in [2.45, 2.75) is 52.1 Å². The van der Waals surface area contributed by atoms with E-state index in [4.69, 9.17) is 5.73 Å². The van der Waals surface area contributed by atoms with E-state index in [0.29, 0.717) is 0 Å². The molecule has 1 heterocycles. The summed E-state index contributed by atoms with van der Waals surface area (Å²) in [6, 6.07) is 0.118. The minimum atomic E-state index is 0.0352. The SMILES string of the molecule is CCC(C)(C(N)Cc1nc(C)c(C)s1)N(C)C. The molecule has 1 aromatic rings. The van der Waals surface area contributed by atoms with Gasteiger partial charge in [-0.05, 0) is 41.3 Å². The molecule has 0 aromatic carbocycles. The maximum Gasteiger partial charge on any atom is 0.0947 e. The van der Waals surface area contributed by atoms with Crippen molar-refractivity contribution in [1.82, 2.24) is 9.88 Å². The molecule has 2 N–H and O–H groups in total. The van der Waals surface area contributed by atoms with Crippen LogP contribution in [0, 0.1) is 13.8 Å². The molecule has 0 saturated carbocycles. The Morgan fingerprint density at radius 2 is 2.00 bits per heavy atom. The van der Waals surface area contributed by atoms with Gasteiger partial charge >= 0.3 is 0 Å². The Bertz CT molecular complexity index is 353. The standard InChI is InChI=1S/C13H25N3S/c1-7-13(4,16(5)6)11(14)8-12-15-9(2)10(3)17-12/h11H,7-8,14H2,1-6H3. The fraction of sp³-hybridized carbons (Fsp3) is 0.769. The first-order chi connectivity index (χ1) is 7.81. The van der Waals surface area contributed by atoms with Gasteiger partial charge in [-0.3, -0.25) is 0 Å². The summed E-state index contributed by atoms with van der Waals surface area (Å²) in [5.41, 5.74) is 7.55. The second-order valence-electron chi connectivity index (χ2n) is 5.16. The summed E-state index contributed by atoms with van der Waals surface area (Å²) in [4.78, 5) is 8.11. The van der Waals surface area contributed by atoms with Gasteiger partial charge in [0, 0.05) is 22.9 Å². The number of rotatable bonds is 5. The predicted octanol–water partition coefficient (Wildman–Crippen LogP) is 2.36. The van der Waals surface area contributed by atoms with E-state index < -0.39 is 0 Å². The lowest BCUT2D eigenvalue weighted by atomic mass is 9.87. The smallest absolute Gasteiger partial charge is 0.0947 e. The molecule has 0 saturated heterocycles. The molecule has 17 heavy (non-hydrogen) atoms. The zero-order valence-corrected chi connectivity index (χ0v) is 12.7. The third-order valence-corrected chi connectivity index (χ3v) is 5.10. The number of hydrogen-bond acceptors (Lipinski definition) is 4. The number of aromatic nitrogens is 1. The molecule has 0 fully saturated rings. The van der Waals surface area contributed by atoms with Crippen LogP contribution >= 0.6 is 11.3 Å². The molecular weight excluding hydrogens is 230 g/mol. The fourth-order valence-corrected chi connectivity index (χ4v) is 2.94. The molecule has 98 valence electrons. The van der Waals surface area contributed by atoms with Crippen LogP contribution in [0.1, 0.15) is 35.8 Å². The van der Waals surface area contributed by atoms with Crippen molar-refractivity contribution < 1.29 is 0 Å². The van der Waals surface area contributed by atoms with Gasteiger partial charge in [0.25, 0.3) is 0 Å². The lowest BCUT2D eigenvalue weighted by molar-refractivity contribution is 0.131. The Morgan fingerprint density at radius 1 is 1.41 bits per heavy atom. The molecule has 3 nitrogen and oxygen atoms in total. The number of nitrogens with zero attached hydrogens (tertiary/aromatic N) is 2. The molecule has 1 rings (SSSR count). The van der Waals surface area contributed by atoms with Crippen LogP contribution in [0.5, 0.6) is 0 Å². The van der Waals surface area contributed by atoms with E-state index in [1.165, 1.54) is 4.88 Å². The summed E-state index contributed by atoms with van der Waals surface area (Å²) < 4.78 is 0. The molecule has 0 amide bonds. The summed E-state index contributed by atoms with van der Waals surface area (Å²) in [6.45, 7) is 8.60. The lowest BCUT2D eigenvalue weighted by Gasteiger charge is -2.40. The van der Waals surface area contributed by atoms with Crippen molar-refractivity contribution in [2.75, 3.05) is 14.1 Å². The molecule has 0 aliphatic carbocycles. The highest BCUT2D eigenvalue weighted by Crippen LogP contribution is 2.25. The fourth-order valence-electron chi connectivity index (χ4n) is 1.94. The Hall–Kier alpha value is -0.450. The molecular formula is C13H25N3S. The van der Waals surface area contributed by atoms with Gasteiger partial charge in [-0.25, -0.2) is 4.98 Å². The number of likely N-dealkylation sites (N-methyl/N-ethyl adjacent to an activating group) is 1. The van der Waals surface area contributed by atoms with Crippen LogP contribution in [0.15, 0.2) is 0 Å². The molecule has 0 spiro atoms. The summed E-state index contributed by atoms with van der Waals surface area (Å²) in [6.07, 6.45) is 1.91. The van der Waals surface area contributed by atoms with Crippen molar-refractivity contribution in [3.05, 3.63) is 15.6 Å². The number of thiazole rings is 1. The summed E-state index contributed by atoms with van der Waals surface area (Å²) in [5.74, 6) is 0. The van der Waals surface area contributed by atoms with Crippen LogP contribution in [0.25, 0.3) is 0 Å². The first-order valence-corrected chi connectivity index (χ1v) is 6.98. The minimum Gasteiger partial charge on any atom is -0.326 e. The van der Waals surface area contributed by atoms with Crippen molar-refractivity contribution in [3.8, 4) is 0 Å². The van der Waals surface area contributed by atoms with Crippen LogP contribution in [-0.4, -0.2) is 35.6 Å². The van der Waals surface area contributed by atoms with E-state index >= 15 is 0 Å². The van der Waals surface area contributed by atoms with E-state index in [0.717, 1.165) is 23.5 Å². The Kier molecular flexibility index (Phi) is 4.69. The number of aryl methyl sites for hydroxylation is 2. The third-order valence-electron chi connectivity index (χ3n) is 4.00. The molecule has 0 radical (unpaired) electrons.